The number of nitrogens with zero attached hydrogens (tertiary/aromatic N) is 2. The Morgan fingerprint density at radius 2 is 0.407 bits per heavy atom. The second-order valence-corrected chi connectivity index (χ2v) is 31.3. The maximum atomic E-state index is 14.6. The first kappa shape index (κ1) is 94.9. The van der Waals surface area contributed by atoms with E-state index in [2.05, 4.69) is 51.5 Å². The summed E-state index contributed by atoms with van der Waals surface area (Å²) in [5, 5.41) is 0. The Hall–Kier alpha value is -5.52. The van der Waals surface area contributed by atoms with Crippen LogP contribution in [-0.4, -0.2) is 61.5 Å². The molecule has 0 atom stereocenters. The zero-order valence-corrected chi connectivity index (χ0v) is 70.4. The van der Waals surface area contributed by atoms with Crippen LogP contribution in [0.3, 0.4) is 0 Å². The van der Waals surface area contributed by atoms with E-state index in [1.54, 1.807) is 60.9 Å². The molecule has 0 saturated heterocycles. The number of unbranched alkanes of at least 4 members (excludes halogenated alkanes) is 54. The molecule has 12 nitrogen and oxygen atoms in total. The van der Waals surface area contributed by atoms with Crippen molar-refractivity contribution in [2.45, 2.75) is 427 Å². The van der Waals surface area contributed by atoms with E-state index in [0.29, 0.717) is 96.7 Å². The monoisotopic (exact) mass is 1500 g/mol. The fourth-order valence-electron chi connectivity index (χ4n) is 14.3. The van der Waals surface area contributed by atoms with Crippen molar-refractivity contribution in [1.29, 1.82) is 0 Å². The predicted octanol–water partition coefficient (Wildman–Crippen LogP) is 30.4. The van der Waals surface area contributed by atoms with Crippen LogP contribution in [0.15, 0.2) is 60.9 Å². The number of hydrogen-bond acceptors (Lipinski definition) is 12. The van der Waals surface area contributed by atoms with Gasteiger partial charge in [0.25, 0.3) is 0 Å². The molecule has 2 aromatic heterocycles. The topological polar surface area (TPSA) is 134 Å². The van der Waals surface area contributed by atoms with Crippen molar-refractivity contribution < 1.29 is 47.5 Å². The number of carbonyl (C=O) groups excluding carboxylic acids is 2. The van der Waals surface area contributed by atoms with Gasteiger partial charge in [0.05, 0.1) is 62.2 Å². The van der Waals surface area contributed by atoms with Gasteiger partial charge in [-0.2, -0.15) is 0 Å². The molecule has 4 rings (SSSR count). The molecule has 0 unspecified atom stereocenters. The fraction of sp³-hybridized carbons (Fsp3) is 0.750. The normalized spacial score (nSPS) is 11.4. The summed E-state index contributed by atoms with van der Waals surface area (Å²) in [6, 6.07) is 13.8. The van der Waals surface area contributed by atoms with Crippen molar-refractivity contribution in [2.24, 2.45) is 0 Å². The molecule has 0 bridgehead atoms. The second kappa shape index (κ2) is 68.3. The number of rotatable bonds is 77. The van der Waals surface area contributed by atoms with Crippen LogP contribution in [0.25, 0.3) is 11.4 Å². The first-order chi connectivity index (χ1) is 53.3. The average Bonchev–Trinajstić information content (AvgIpc) is 0.813. The van der Waals surface area contributed by atoms with E-state index in [0.717, 1.165) is 77.0 Å². The molecule has 12 heteroatoms. The predicted molar refractivity (Wildman–Crippen MR) is 454 cm³/mol. The van der Waals surface area contributed by atoms with Crippen molar-refractivity contribution in [3.63, 3.8) is 0 Å². The summed E-state index contributed by atoms with van der Waals surface area (Å²) < 4.78 is 52.4. The molecule has 2 aromatic carbocycles. The summed E-state index contributed by atoms with van der Waals surface area (Å²) in [6.07, 6.45) is 76.9. The van der Waals surface area contributed by atoms with Gasteiger partial charge >= 0.3 is 11.9 Å². The molecule has 0 N–H and O–H groups in total. The van der Waals surface area contributed by atoms with Crippen LogP contribution in [0, 0.1) is 0 Å². The molecule has 0 amide bonds. The Labute approximate surface area is 661 Å². The van der Waals surface area contributed by atoms with Crippen molar-refractivity contribution in [1.82, 2.24) is 9.97 Å². The van der Waals surface area contributed by atoms with E-state index in [9.17, 15) is 9.59 Å². The highest BCUT2D eigenvalue weighted by atomic mass is 16.6. The van der Waals surface area contributed by atoms with Gasteiger partial charge in [-0.1, -0.05) is 388 Å². The summed E-state index contributed by atoms with van der Waals surface area (Å²) in [5.41, 5.74) is 1.47. The average molecular weight is 1500 g/mol. The number of hydrogen-bond donors (Lipinski definition) is 0. The van der Waals surface area contributed by atoms with Gasteiger partial charge in [0, 0.05) is 24.5 Å². The van der Waals surface area contributed by atoms with Crippen LogP contribution >= 0.6 is 0 Å². The number of ether oxygens (including phenoxy) is 8. The Bertz CT molecular complexity index is 2490. The Morgan fingerprint density at radius 3 is 0.602 bits per heavy atom. The first-order valence-electron chi connectivity index (χ1n) is 45.8. The summed E-state index contributed by atoms with van der Waals surface area (Å²) in [5.74, 6) is 2.55. The number of benzene rings is 2. The van der Waals surface area contributed by atoms with Crippen LogP contribution in [0.2, 0.25) is 0 Å². The standard InChI is InChI=1S/C96H160N2O10/c1-7-13-19-25-31-37-43-49-55-61-71-101-89-77-83(78-90(102-72-62-56-50-44-38-32-26-20-14-8-2)93(89)105-75-65-59-53-47-41-35-29-23-17-11-5)95(99)107-85-67-69-97-87(81-85)88-82-86(68-70-98-88)108-96(100)84-79-91(103-73-63-57-51-45-39-33-27-21-15-9-3)94(106-76-66-60-54-48-42-36-30-24-18-12-6)92(80-84)104-74-64-58-52-46-40-34-28-22-16-10-4/h67-70,77-82H,7-66,71-76H2,1-6H3. The molecule has 0 aliphatic carbocycles. The zero-order valence-electron chi connectivity index (χ0n) is 70.4. The fourth-order valence-corrected chi connectivity index (χ4v) is 14.3. The highest BCUT2D eigenvalue weighted by Gasteiger charge is 2.24. The molecule has 0 fully saturated rings. The van der Waals surface area contributed by atoms with Crippen LogP contribution < -0.4 is 37.9 Å². The third-order valence-electron chi connectivity index (χ3n) is 21.2. The first-order valence-corrected chi connectivity index (χ1v) is 45.8. The number of pyridine rings is 2. The minimum Gasteiger partial charge on any atom is -0.490 e. The lowest BCUT2D eigenvalue weighted by Gasteiger charge is -2.19. The summed E-state index contributed by atoms with van der Waals surface area (Å²) >= 11 is 0. The molecular formula is C96H160N2O10. The van der Waals surface area contributed by atoms with Crippen LogP contribution in [-0.2, 0) is 0 Å². The lowest BCUT2D eigenvalue weighted by Crippen LogP contribution is -2.12. The smallest absolute Gasteiger partial charge is 0.343 e. The highest BCUT2D eigenvalue weighted by molar-refractivity contribution is 5.93. The maximum absolute atomic E-state index is 14.6. The molecule has 2 heterocycles. The van der Waals surface area contributed by atoms with E-state index >= 15 is 0 Å². The van der Waals surface area contributed by atoms with Crippen molar-refractivity contribution >= 4 is 11.9 Å². The summed E-state index contributed by atoms with van der Waals surface area (Å²) in [4.78, 5) is 38.5. The molecule has 4 aromatic rings. The van der Waals surface area contributed by atoms with Gasteiger partial charge < -0.3 is 37.9 Å². The van der Waals surface area contributed by atoms with Gasteiger partial charge in [0.1, 0.15) is 11.5 Å². The Balaban J connectivity index is 1.58. The summed E-state index contributed by atoms with van der Waals surface area (Å²) in [6.45, 7) is 16.7. The quantitative estimate of drug-likeness (QED) is 0.0308. The van der Waals surface area contributed by atoms with Crippen LogP contribution in [0.5, 0.6) is 46.0 Å². The molecular weight excluding hydrogens is 1340 g/mol. The number of aromatic nitrogens is 2. The van der Waals surface area contributed by atoms with Crippen LogP contribution in [0.4, 0.5) is 0 Å². The van der Waals surface area contributed by atoms with Gasteiger partial charge in [-0.05, 0) is 74.9 Å². The van der Waals surface area contributed by atoms with Crippen molar-refractivity contribution in [3.8, 4) is 57.4 Å². The van der Waals surface area contributed by atoms with E-state index in [4.69, 9.17) is 37.9 Å². The Morgan fingerprint density at radius 1 is 0.231 bits per heavy atom. The highest BCUT2D eigenvalue weighted by Crippen LogP contribution is 2.42. The van der Waals surface area contributed by atoms with Gasteiger partial charge in [-0.25, -0.2) is 9.59 Å². The van der Waals surface area contributed by atoms with Crippen LogP contribution in [0.1, 0.15) is 448 Å². The third kappa shape index (κ3) is 47.6. The summed E-state index contributed by atoms with van der Waals surface area (Å²) in [7, 11) is 0. The molecule has 0 aliphatic rings. The lowest BCUT2D eigenvalue weighted by molar-refractivity contribution is 0.0723. The van der Waals surface area contributed by atoms with Gasteiger partial charge in [-0.3, -0.25) is 9.97 Å². The van der Waals surface area contributed by atoms with E-state index in [1.165, 1.54) is 308 Å². The molecule has 614 valence electrons. The van der Waals surface area contributed by atoms with E-state index in [1.807, 2.05) is 0 Å². The minimum absolute atomic E-state index is 0.280. The van der Waals surface area contributed by atoms with Gasteiger partial charge in [0.15, 0.2) is 23.0 Å². The molecule has 0 saturated carbocycles. The van der Waals surface area contributed by atoms with Crippen molar-refractivity contribution in [3.05, 3.63) is 72.1 Å². The molecule has 0 spiro atoms. The largest absolute Gasteiger partial charge is 0.490 e. The number of carbonyl (C=O) groups is 2. The second-order valence-electron chi connectivity index (χ2n) is 31.3. The molecule has 108 heavy (non-hydrogen) atoms. The zero-order chi connectivity index (χ0) is 76.9. The number of esters is 2. The van der Waals surface area contributed by atoms with E-state index < -0.39 is 11.9 Å². The Kier molecular flexibility index (Phi) is 60.0. The molecule has 0 aliphatic heterocycles. The van der Waals surface area contributed by atoms with Gasteiger partial charge in [-0.15, -0.1) is 0 Å². The SMILES string of the molecule is CCCCCCCCCCCCOc1cc(C(=O)Oc2ccnc(-c3cc(OC(=O)c4cc(OCCCCCCCCCCCC)c(OCCCCCCCCCCCC)c(OCCCCCCCCCCCC)c4)ccn3)c2)cc(OCCCCCCCCCCCC)c1OCCCCCCCCCCCC. The van der Waals surface area contributed by atoms with Gasteiger partial charge in [0.2, 0.25) is 11.5 Å². The minimum atomic E-state index is -0.564. The maximum Gasteiger partial charge on any atom is 0.343 e. The lowest BCUT2D eigenvalue weighted by atomic mass is 10.1. The van der Waals surface area contributed by atoms with Crippen molar-refractivity contribution in [2.75, 3.05) is 39.6 Å². The van der Waals surface area contributed by atoms with E-state index in [-0.39, 0.29) is 11.5 Å². The third-order valence-corrected chi connectivity index (χ3v) is 21.2. The molecule has 0 radical (unpaired) electrons.